The first-order valence-corrected chi connectivity index (χ1v) is 15.7. The molecular weight excluding hydrogens is 598 g/mol. The fourth-order valence-corrected chi connectivity index (χ4v) is 5.78. The van der Waals surface area contributed by atoms with E-state index in [1.54, 1.807) is 20.3 Å². The number of carbonyl (C=O) groups excluding carboxylic acids is 1. The first kappa shape index (κ1) is 34.4. The summed E-state index contributed by atoms with van der Waals surface area (Å²) in [7, 11) is 3.25. The molecule has 1 saturated heterocycles. The molecule has 11 nitrogen and oxygen atoms in total. The Bertz CT molecular complexity index is 1590. The van der Waals surface area contributed by atoms with Gasteiger partial charge in [0, 0.05) is 76.2 Å². The van der Waals surface area contributed by atoms with Gasteiger partial charge in [-0.2, -0.15) is 0 Å². The largest absolute Gasteiger partial charge is 0.450 e. The predicted molar refractivity (Wildman–Crippen MR) is 176 cm³/mol. The third-order valence-corrected chi connectivity index (χ3v) is 8.49. The molecule has 244 valence electrons. The van der Waals surface area contributed by atoms with E-state index < -0.39 is 5.41 Å². The number of hydrogen-bond donors (Lipinski definition) is 2. The monoisotopic (exact) mass is 641 g/mol. The van der Waals surface area contributed by atoms with Crippen molar-refractivity contribution in [3.05, 3.63) is 63.3 Å². The van der Waals surface area contributed by atoms with Crippen molar-refractivity contribution in [3.8, 4) is 0 Å². The standard InChI is InChI=1S/C31H38ClN5O5.C2H6O/c1-21(31(2,10-11-33-20-38)24-16-22(32)17-34-30(24)39)18-40-14-7-15-41-19-26-35-27-23-8-3-4-9-25(23)42-28(27)29(36-26)37-12-5-6-13-37;1-3-2/h3-4,8-9,16-17,20-21H,5-7,10-15,18-19H2,1-2H3,(H,33,38)(H,34,39);1-2H3. The van der Waals surface area contributed by atoms with Crippen LogP contribution in [-0.2, 0) is 31.0 Å². The Balaban J connectivity index is 0.00000148. The summed E-state index contributed by atoms with van der Waals surface area (Å²) in [4.78, 5) is 38.1. The number of fused-ring (bicyclic) bond motifs is 3. The zero-order valence-electron chi connectivity index (χ0n) is 26.6. The Morgan fingerprint density at radius 3 is 2.67 bits per heavy atom. The third kappa shape index (κ3) is 8.61. The molecule has 45 heavy (non-hydrogen) atoms. The number of amides is 1. The smallest absolute Gasteiger partial charge is 0.251 e. The van der Waals surface area contributed by atoms with Crippen LogP contribution in [0.15, 0.2) is 45.7 Å². The molecule has 2 unspecified atom stereocenters. The highest BCUT2D eigenvalue weighted by atomic mass is 35.5. The van der Waals surface area contributed by atoms with E-state index in [1.165, 1.54) is 6.20 Å². The number of aromatic nitrogens is 3. The van der Waals surface area contributed by atoms with Crippen molar-refractivity contribution in [1.82, 2.24) is 20.3 Å². The summed E-state index contributed by atoms with van der Waals surface area (Å²) in [6, 6.07) is 9.63. The Hall–Kier alpha value is -3.51. The number of hydrogen-bond acceptors (Lipinski definition) is 9. The van der Waals surface area contributed by atoms with E-state index in [4.69, 9.17) is 35.5 Å². The molecule has 0 aliphatic carbocycles. The van der Waals surface area contributed by atoms with E-state index >= 15 is 0 Å². The minimum absolute atomic E-state index is 0.0136. The molecule has 12 heteroatoms. The normalized spacial score (nSPS) is 15.1. The molecular formula is C33H44ClN5O6. The van der Waals surface area contributed by atoms with Gasteiger partial charge in [0.05, 0.1) is 5.02 Å². The van der Waals surface area contributed by atoms with Crippen LogP contribution in [0.1, 0.15) is 50.9 Å². The molecule has 1 amide bonds. The van der Waals surface area contributed by atoms with E-state index in [2.05, 4.69) is 19.9 Å². The third-order valence-electron chi connectivity index (χ3n) is 8.27. The van der Waals surface area contributed by atoms with Gasteiger partial charge < -0.3 is 33.8 Å². The van der Waals surface area contributed by atoms with Gasteiger partial charge in [0.1, 0.15) is 17.7 Å². The molecule has 0 bridgehead atoms. The van der Waals surface area contributed by atoms with Crippen LogP contribution in [0.2, 0.25) is 5.02 Å². The van der Waals surface area contributed by atoms with Gasteiger partial charge in [-0.3, -0.25) is 9.59 Å². The average molecular weight is 642 g/mol. The highest BCUT2D eigenvalue weighted by Crippen LogP contribution is 2.35. The van der Waals surface area contributed by atoms with Crippen LogP contribution >= 0.6 is 11.6 Å². The van der Waals surface area contributed by atoms with Crippen LogP contribution < -0.4 is 15.8 Å². The first-order chi connectivity index (χ1) is 21.8. The molecule has 1 aliphatic rings. The van der Waals surface area contributed by atoms with Crippen LogP contribution in [0, 0.1) is 5.92 Å². The van der Waals surface area contributed by atoms with Gasteiger partial charge in [-0.05, 0) is 49.8 Å². The minimum Gasteiger partial charge on any atom is -0.450 e. The lowest BCUT2D eigenvalue weighted by Crippen LogP contribution is -2.40. The number of nitrogens with zero attached hydrogens (tertiary/aromatic N) is 3. The van der Waals surface area contributed by atoms with Gasteiger partial charge >= 0.3 is 0 Å². The number of benzene rings is 1. The SMILES string of the molecule is CC(COCCCOCc1nc(N2CCCC2)c2oc3ccccc3c2n1)C(C)(CCNC=O)c1cc(Cl)c[nH]c1=O.COC. The Kier molecular flexibility index (Phi) is 12.8. The van der Waals surface area contributed by atoms with Crippen LogP contribution in [0.25, 0.3) is 22.1 Å². The van der Waals surface area contributed by atoms with E-state index in [0.717, 1.165) is 53.8 Å². The molecule has 2 N–H and O–H groups in total. The van der Waals surface area contributed by atoms with Crippen molar-refractivity contribution in [3.63, 3.8) is 0 Å². The number of aromatic amines is 1. The molecule has 3 aromatic heterocycles. The topological polar surface area (TPSA) is 132 Å². The highest BCUT2D eigenvalue weighted by molar-refractivity contribution is 6.30. The van der Waals surface area contributed by atoms with Gasteiger partial charge in [0.25, 0.3) is 5.56 Å². The van der Waals surface area contributed by atoms with E-state index in [-0.39, 0.29) is 11.5 Å². The van der Waals surface area contributed by atoms with Crippen molar-refractivity contribution in [2.75, 3.05) is 58.6 Å². The summed E-state index contributed by atoms with van der Waals surface area (Å²) >= 11 is 6.20. The Morgan fingerprint density at radius 1 is 1.18 bits per heavy atom. The number of H-pyrrole nitrogens is 1. The van der Waals surface area contributed by atoms with Gasteiger partial charge in [0.15, 0.2) is 17.2 Å². The number of halogens is 1. The second kappa shape index (κ2) is 16.7. The summed E-state index contributed by atoms with van der Waals surface area (Å²) in [5, 5.41) is 4.14. The molecule has 1 fully saturated rings. The number of methoxy groups -OCH3 is 1. The number of pyridine rings is 1. The van der Waals surface area contributed by atoms with Crippen molar-refractivity contribution >= 4 is 45.9 Å². The summed E-state index contributed by atoms with van der Waals surface area (Å²) in [6.45, 7) is 8.14. The summed E-state index contributed by atoms with van der Waals surface area (Å²) in [5.74, 6) is 1.46. The molecule has 0 saturated carbocycles. The van der Waals surface area contributed by atoms with Crippen LogP contribution in [0.4, 0.5) is 5.82 Å². The van der Waals surface area contributed by atoms with Crippen molar-refractivity contribution in [2.45, 2.75) is 51.6 Å². The fraction of sp³-hybridized carbons (Fsp3) is 0.515. The molecule has 0 spiro atoms. The van der Waals surface area contributed by atoms with E-state index in [9.17, 15) is 9.59 Å². The Labute approximate surface area is 268 Å². The molecule has 4 heterocycles. The van der Waals surface area contributed by atoms with Crippen LogP contribution in [0.3, 0.4) is 0 Å². The summed E-state index contributed by atoms with van der Waals surface area (Å²) < 4.78 is 22.4. The number of rotatable bonds is 15. The molecule has 5 rings (SSSR count). The van der Waals surface area contributed by atoms with Gasteiger partial charge in [-0.15, -0.1) is 0 Å². The van der Waals surface area contributed by atoms with E-state index in [0.29, 0.717) is 68.6 Å². The van der Waals surface area contributed by atoms with Gasteiger partial charge in [0.2, 0.25) is 6.41 Å². The highest BCUT2D eigenvalue weighted by Gasteiger charge is 2.35. The van der Waals surface area contributed by atoms with E-state index in [1.807, 2.05) is 38.1 Å². The molecule has 1 aromatic carbocycles. The average Bonchev–Trinajstić information content (AvgIpc) is 3.70. The zero-order valence-corrected chi connectivity index (χ0v) is 27.3. The Morgan fingerprint density at radius 2 is 1.91 bits per heavy atom. The number of furan rings is 1. The van der Waals surface area contributed by atoms with Crippen LogP contribution in [-0.4, -0.2) is 75.0 Å². The second-order valence-corrected chi connectivity index (χ2v) is 12.0. The molecule has 4 aromatic rings. The quantitative estimate of drug-likeness (QED) is 0.132. The first-order valence-electron chi connectivity index (χ1n) is 15.4. The molecule has 1 aliphatic heterocycles. The van der Waals surface area contributed by atoms with Crippen molar-refractivity contribution in [2.24, 2.45) is 5.92 Å². The summed E-state index contributed by atoms with van der Waals surface area (Å²) in [5.41, 5.74) is 2.21. The predicted octanol–water partition coefficient (Wildman–Crippen LogP) is 5.23. The fourth-order valence-electron chi connectivity index (χ4n) is 5.62. The maximum Gasteiger partial charge on any atom is 0.251 e. The number of carbonyl (C=O) groups is 1. The number of anilines is 1. The van der Waals surface area contributed by atoms with Crippen molar-refractivity contribution < 1.29 is 23.4 Å². The summed E-state index contributed by atoms with van der Waals surface area (Å²) in [6.07, 6.45) is 5.69. The maximum absolute atomic E-state index is 12.7. The lowest BCUT2D eigenvalue weighted by Gasteiger charge is -2.35. The minimum atomic E-state index is -0.550. The zero-order chi connectivity index (χ0) is 32.2. The lowest BCUT2D eigenvalue weighted by molar-refractivity contribution is -0.109. The number of ether oxygens (including phenoxy) is 3. The molecule has 0 radical (unpaired) electrons. The molecule has 2 atom stereocenters. The maximum atomic E-state index is 12.7. The van der Waals surface area contributed by atoms with Crippen molar-refractivity contribution in [1.29, 1.82) is 0 Å². The number of nitrogens with one attached hydrogen (secondary N) is 2. The number of para-hydroxylation sites is 1. The van der Waals surface area contributed by atoms with Gasteiger partial charge in [-0.1, -0.05) is 37.6 Å². The second-order valence-electron chi connectivity index (χ2n) is 11.5. The lowest BCUT2D eigenvalue weighted by atomic mass is 9.71. The van der Waals surface area contributed by atoms with Gasteiger partial charge in [-0.25, -0.2) is 9.97 Å². The van der Waals surface area contributed by atoms with Crippen LogP contribution in [0.5, 0.6) is 0 Å².